The van der Waals surface area contributed by atoms with Gasteiger partial charge in [-0.2, -0.15) is 13.2 Å². The van der Waals surface area contributed by atoms with Crippen molar-refractivity contribution in [2.45, 2.75) is 46.0 Å². The van der Waals surface area contributed by atoms with Gasteiger partial charge in [-0.25, -0.2) is 14.8 Å². The fourth-order valence-electron chi connectivity index (χ4n) is 4.36. The molecular weight excluding hydrogens is 453 g/mol. The highest BCUT2D eigenvalue weighted by atomic mass is 19.4. The Morgan fingerprint density at radius 2 is 2.00 bits per heavy atom. The van der Waals surface area contributed by atoms with E-state index >= 15 is 0 Å². The normalized spacial score (nSPS) is 18.9. The Morgan fingerprint density at radius 1 is 1.24 bits per heavy atom. The van der Waals surface area contributed by atoms with Gasteiger partial charge in [0.15, 0.2) is 18.0 Å². The van der Waals surface area contributed by atoms with E-state index in [4.69, 9.17) is 4.74 Å². The molecular formula is C22H27F3N6O3. The van der Waals surface area contributed by atoms with Gasteiger partial charge in [0.1, 0.15) is 6.54 Å². The van der Waals surface area contributed by atoms with Gasteiger partial charge < -0.3 is 15.0 Å². The standard InChI is InChI=1S/C22H27F3N6O3/c1-4-14-9-30(21(33)28-11-22(23,24)25)10-15(14)17-7-26-18-8-27-19-16(31(17)18)5-6-29(19)12-34-20(32)13(2)3/h5-8,13-15H,4,9-12H2,1-3H3,(H,28,33)/t14-,15+/m1/s1. The molecule has 0 aliphatic carbocycles. The molecule has 4 rings (SSSR count). The van der Waals surface area contributed by atoms with E-state index in [1.54, 1.807) is 37.0 Å². The number of esters is 1. The number of aromatic nitrogens is 4. The van der Waals surface area contributed by atoms with Gasteiger partial charge in [-0.3, -0.25) is 13.8 Å². The number of hydrogen-bond acceptors (Lipinski definition) is 5. The average Bonchev–Trinajstić information content (AvgIpc) is 3.50. The molecule has 0 aromatic carbocycles. The van der Waals surface area contributed by atoms with Crippen LogP contribution in [0.4, 0.5) is 18.0 Å². The van der Waals surface area contributed by atoms with Crippen LogP contribution in [0.3, 0.4) is 0 Å². The van der Waals surface area contributed by atoms with Crippen LogP contribution in [-0.4, -0.2) is 61.6 Å². The van der Waals surface area contributed by atoms with E-state index in [1.165, 1.54) is 4.90 Å². The Kier molecular flexibility index (Phi) is 6.41. The minimum Gasteiger partial charge on any atom is -0.444 e. The fourth-order valence-corrected chi connectivity index (χ4v) is 4.36. The van der Waals surface area contributed by atoms with Gasteiger partial charge in [0, 0.05) is 37.1 Å². The Labute approximate surface area is 193 Å². The summed E-state index contributed by atoms with van der Waals surface area (Å²) in [4.78, 5) is 34.6. The molecule has 0 spiro atoms. The highest BCUT2D eigenvalue weighted by Gasteiger charge is 2.38. The number of ether oxygens (including phenoxy) is 1. The summed E-state index contributed by atoms with van der Waals surface area (Å²) in [5.74, 6) is -0.601. The molecule has 3 aromatic rings. The third-order valence-electron chi connectivity index (χ3n) is 6.16. The Bertz CT molecular complexity index is 1200. The summed E-state index contributed by atoms with van der Waals surface area (Å²) >= 11 is 0. The maximum absolute atomic E-state index is 12.5. The Balaban J connectivity index is 1.61. The molecule has 0 unspecified atom stereocenters. The van der Waals surface area contributed by atoms with Crippen LogP contribution < -0.4 is 5.32 Å². The van der Waals surface area contributed by atoms with Gasteiger partial charge in [0.25, 0.3) is 0 Å². The molecule has 0 radical (unpaired) electrons. The first-order chi connectivity index (χ1) is 16.1. The third kappa shape index (κ3) is 4.66. The van der Waals surface area contributed by atoms with Crippen molar-refractivity contribution in [2.75, 3.05) is 19.6 Å². The second-order valence-corrected chi connectivity index (χ2v) is 8.83. The SMILES string of the molecule is CC[C@@H]1CN(C(=O)NCC(F)(F)F)C[C@@H]1c1cnc2cnc3c(ccn3COC(=O)C(C)C)n12. The summed E-state index contributed by atoms with van der Waals surface area (Å²) in [6.07, 6.45) is 1.42. The molecule has 1 aliphatic heterocycles. The Morgan fingerprint density at radius 3 is 2.68 bits per heavy atom. The zero-order valence-electron chi connectivity index (χ0n) is 19.2. The lowest BCUT2D eigenvalue weighted by atomic mass is 9.91. The predicted molar refractivity (Wildman–Crippen MR) is 117 cm³/mol. The van der Waals surface area contributed by atoms with Crippen molar-refractivity contribution >= 4 is 28.8 Å². The van der Waals surface area contributed by atoms with Crippen molar-refractivity contribution in [1.29, 1.82) is 0 Å². The zero-order valence-corrected chi connectivity index (χ0v) is 19.2. The van der Waals surface area contributed by atoms with E-state index in [9.17, 15) is 22.8 Å². The number of likely N-dealkylation sites (tertiary alicyclic amines) is 1. The lowest BCUT2D eigenvalue weighted by molar-refractivity contribution is -0.151. The minimum atomic E-state index is -4.46. The van der Waals surface area contributed by atoms with Crippen LogP contribution in [-0.2, 0) is 16.3 Å². The number of urea groups is 1. The molecule has 0 bridgehead atoms. The number of rotatable bonds is 6. The van der Waals surface area contributed by atoms with Crippen molar-refractivity contribution in [3.8, 4) is 0 Å². The average molecular weight is 480 g/mol. The van der Waals surface area contributed by atoms with Gasteiger partial charge in [0.2, 0.25) is 0 Å². The number of alkyl halides is 3. The first kappa shape index (κ1) is 23.8. The molecule has 3 aromatic heterocycles. The second-order valence-electron chi connectivity index (χ2n) is 8.83. The molecule has 184 valence electrons. The molecule has 0 saturated carbocycles. The minimum absolute atomic E-state index is 0.0250. The van der Waals surface area contributed by atoms with E-state index < -0.39 is 18.8 Å². The summed E-state index contributed by atoms with van der Waals surface area (Å²) in [7, 11) is 0. The molecule has 1 saturated heterocycles. The van der Waals surface area contributed by atoms with Crippen LogP contribution in [0.2, 0.25) is 0 Å². The zero-order chi connectivity index (χ0) is 24.6. The predicted octanol–water partition coefficient (Wildman–Crippen LogP) is 3.54. The smallest absolute Gasteiger partial charge is 0.405 e. The van der Waals surface area contributed by atoms with Gasteiger partial charge in [0.05, 0.1) is 17.6 Å². The van der Waals surface area contributed by atoms with E-state index in [0.717, 1.165) is 17.6 Å². The van der Waals surface area contributed by atoms with Crippen LogP contribution in [0.15, 0.2) is 24.7 Å². The quantitative estimate of drug-likeness (QED) is 0.545. The van der Waals surface area contributed by atoms with Gasteiger partial charge >= 0.3 is 18.2 Å². The molecule has 1 fully saturated rings. The summed E-state index contributed by atoms with van der Waals surface area (Å²) in [6.45, 7) is 4.82. The number of carbonyl (C=O) groups is 2. The number of nitrogens with one attached hydrogen (secondary N) is 1. The molecule has 1 N–H and O–H groups in total. The van der Waals surface area contributed by atoms with Gasteiger partial charge in [-0.05, 0) is 12.0 Å². The number of halogens is 3. The fraction of sp³-hybridized carbons (Fsp3) is 0.545. The van der Waals surface area contributed by atoms with E-state index in [-0.39, 0.29) is 37.0 Å². The lowest BCUT2D eigenvalue weighted by Crippen LogP contribution is -2.42. The van der Waals surface area contributed by atoms with E-state index in [1.807, 2.05) is 22.7 Å². The molecule has 4 heterocycles. The molecule has 2 amide bonds. The summed E-state index contributed by atoms with van der Waals surface area (Å²) in [6, 6.07) is 1.13. The van der Waals surface area contributed by atoms with Crippen molar-refractivity contribution in [3.63, 3.8) is 0 Å². The summed E-state index contributed by atoms with van der Waals surface area (Å²) in [5.41, 5.74) is 2.85. The van der Waals surface area contributed by atoms with E-state index in [2.05, 4.69) is 9.97 Å². The number of carbonyl (C=O) groups excluding carboxylic acids is 2. The molecule has 9 nitrogen and oxygen atoms in total. The van der Waals surface area contributed by atoms with Crippen LogP contribution in [0.25, 0.3) is 16.8 Å². The second kappa shape index (κ2) is 9.15. The van der Waals surface area contributed by atoms with Gasteiger partial charge in [-0.1, -0.05) is 27.2 Å². The van der Waals surface area contributed by atoms with Crippen molar-refractivity contribution in [2.24, 2.45) is 11.8 Å². The highest BCUT2D eigenvalue weighted by molar-refractivity contribution is 5.77. The van der Waals surface area contributed by atoms with Crippen molar-refractivity contribution < 1.29 is 27.5 Å². The number of hydrogen-bond donors (Lipinski definition) is 1. The highest BCUT2D eigenvalue weighted by Crippen LogP contribution is 2.36. The van der Waals surface area contributed by atoms with Crippen molar-refractivity contribution in [3.05, 3.63) is 30.4 Å². The first-order valence-corrected chi connectivity index (χ1v) is 11.2. The van der Waals surface area contributed by atoms with Crippen LogP contribution in [0.1, 0.15) is 38.8 Å². The van der Waals surface area contributed by atoms with Gasteiger partial charge in [-0.15, -0.1) is 0 Å². The number of nitrogens with zero attached hydrogens (tertiary/aromatic N) is 5. The van der Waals surface area contributed by atoms with Crippen LogP contribution in [0.5, 0.6) is 0 Å². The van der Waals surface area contributed by atoms with Crippen molar-refractivity contribution in [1.82, 2.24) is 29.2 Å². The molecule has 1 aliphatic rings. The topological polar surface area (TPSA) is 93.8 Å². The number of amides is 2. The van der Waals surface area contributed by atoms with Crippen LogP contribution >= 0.6 is 0 Å². The monoisotopic (exact) mass is 480 g/mol. The number of imidazole rings is 1. The van der Waals surface area contributed by atoms with E-state index in [0.29, 0.717) is 17.8 Å². The lowest BCUT2D eigenvalue weighted by Gasteiger charge is -2.18. The summed E-state index contributed by atoms with van der Waals surface area (Å²) in [5, 5.41) is 1.96. The first-order valence-electron chi connectivity index (χ1n) is 11.2. The number of fused-ring (bicyclic) bond motifs is 3. The third-order valence-corrected chi connectivity index (χ3v) is 6.16. The molecule has 12 heteroatoms. The molecule has 34 heavy (non-hydrogen) atoms. The molecule has 2 atom stereocenters. The largest absolute Gasteiger partial charge is 0.444 e. The van der Waals surface area contributed by atoms with Crippen LogP contribution in [0, 0.1) is 11.8 Å². The maximum Gasteiger partial charge on any atom is 0.405 e. The maximum atomic E-state index is 12.5. The summed E-state index contributed by atoms with van der Waals surface area (Å²) < 4.78 is 46.6. The Hall–Kier alpha value is -3.31.